The monoisotopic (exact) mass is 312 g/mol. The van der Waals surface area contributed by atoms with Gasteiger partial charge < -0.3 is 10.5 Å². The van der Waals surface area contributed by atoms with Crippen LogP contribution in [-0.4, -0.2) is 5.84 Å². The number of benzene rings is 2. The zero-order valence-corrected chi connectivity index (χ0v) is 11.8. The van der Waals surface area contributed by atoms with Crippen LogP contribution in [-0.2, 0) is 6.61 Å². The van der Waals surface area contributed by atoms with Crippen LogP contribution in [0.2, 0.25) is 10.0 Å². The van der Waals surface area contributed by atoms with Crippen molar-refractivity contribution in [2.45, 2.75) is 6.61 Å². The molecule has 3 nitrogen and oxygen atoms in total. The van der Waals surface area contributed by atoms with Gasteiger partial charge in [-0.3, -0.25) is 5.41 Å². The van der Waals surface area contributed by atoms with Crippen LogP contribution in [0, 0.1) is 11.2 Å². The van der Waals surface area contributed by atoms with Crippen LogP contribution in [0.4, 0.5) is 4.39 Å². The third kappa shape index (κ3) is 3.40. The Balaban J connectivity index is 2.13. The van der Waals surface area contributed by atoms with Crippen LogP contribution in [0.1, 0.15) is 11.1 Å². The smallest absolute Gasteiger partial charge is 0.129 e. The lowest BCUT2D eigenvalue weighted by molar-refractivity contribution is 0.300. The Labute approximate surface area is 125 Å². The summed E-state index contributed by atoms with van der Waals surface area (Å²) in [4.78, 5) is 0. The van der Waals surface area contributed by atoms with Gasteiger partial charge in [-0.2, -0.15) is 0 Å². The summed E-state index contributed by atoms with van der Waals surface area (Å²) in [7, 11) is 0. The predicted molar refractivity (Wildman–Crippen MR) is 78.2 cm³/mol. The van der Waals surface area contributed by atoms with Crippen molar-refractivity contribution >= 4 is 29.0 Å². The van der Waals surface area contributed by atoms with Crippen LogP contribution >= 0.6 is 23.2 Å². The van der Waals surface area contributed by atoms with Crippen molar-refractivity contribution in [2.24, 2.45) is 5.73 Å². The van der Waals surface area contributed by atoms with Gasteiger partial charge in [-0.25, -0.2) is 4.39 Å². The average molecular weight is 313 g/mol. The summed E-state index contributed by atoms with van der Waals surface area (Å²) in [5.74, 6) is -0.0531. The Morgan fingerprint density at radius 3 is 2.60 bits per heavy atom. The number of nitrogen functional groups attached to an aromatic ring is 1. The van der Waals surface area contributed by atoms with Crippen molar-refractivity contribution in [2.75, 3.05) is 0 Å². The molecule has 3 N–H and O–H groups in total. The lowest BCUT2D eigenvalue weighted by Crippen LogP contribution is -2.11. The zero-order valence-electron chi connectivity index (χ0n) is 10.3. The van der Waals surface area contributed by atoms with E-state index in [1.165, 1.54) is 24.3 Å². The molecule has 0 aliphatic rings. The molecule has 0 heterocycles. The summed E-state index contributed by atoms with van der Waals surface area (Å²) >= 11 is 11.8. The number of halogens is 3. The Bertz CT molecular complexity index is 662. The second-order valence-corrected chi connectivity index (χ2v) is 4.92. The molecule has 0 unspecified atom stereocenters. The fourth-order valence-electron chi connectivity index (χ4n) is 1.62. The number of hydrogen-bond donors (Lipinski definition) is 2. The molecule has 0 saturated carbocycles. The van der Waals surface area contributed by atoms with Crippen molar-refractivity contribution in [1.29, 1.82) is 5.41 Å². The van der Waals surface area contributed by atoms with E-state index in [9.17, 15) is 4.39 Å². The third-order valence-corrected chi connectivity index (χ3v) is 3.18. The fraction of sp³-hybridized carbons (Fsp3) is 0.0714. The summed E-state index contributed by atoms with van der Waals surface area (Å²) < 4.78 is 19.0. The van der Waals surface area contributed by atoms with Gasteiger partial charge in [0.2, 0.25) is 0 Å². The molecule has 2 rings (SSSR count). The SMILES string of the molecule is N=C(N)c1ccc(OCc2cc(Cl)ccc2F)cc1Cl. The lowest BCUT2D eigenvalue weighted by Gasteiger charge is -2.09. The zero-order chi connectivity index (χ0) is 14.7. The summed E-state index contributed by atoms with van der Waals surface area (Å²) in [6.07, 6.45) is 0. The third-order valence-electron chi connectivity index (χ3n) is 2.63. The Hall–Kier alpha value is -1.78. The largest absolute Gasteiger partial charge is 0.489 e. The van der Waals surface area contributed by atoms with Gasteiger partial charge in [0.15, 0.2) is 0 Å². The topological polar surface area (TPSA) is 59.1 Å². The molecule has 0 fully saturated rings. The van der Waals surface area contributed by atoms with Crippen molar-refractivity contribution < 1.29 is 9.13 Å². The number of rotatable bonds is 4. The highest BCUT2D eigenvalue weighted by atomic mass is 35.5. The first-order chi connectivity index (χ1) is 9.47. The maximum Gasteiger partial charge on any atom is 0.129 e. The minimum Gasteiger partial charge on any atom is -0.489 e. The number of ether oxygens (including phenoxy) is 1. The predicted octanol–water partition coefficient (Wildman–Crippen LogP) is 4.00. The van der Waals surface area contributed by atoms with Crippen molar-refractivity contribution in [3.63, 3.8) is 0 Å². The highest BCUT2D eigenvalue weighted by molar-refractivity contribution is 6.34. The van der Waals surface area contributed by atoms with E-state index in [1.807, 2.05) is 0 Å². The van der Waals surface area contributed by atoms with E-state index >= 15 is 0 Å². The van der Waals surface area contributed by atoms with Crippen molar-refractivity contribution in [1.82, 2.24) is 0 Å². The molecule has 2 aromatic carbocycles. The highest BCUT2D eigenvalue weighted by Crippen LogP contribution is 2.24. The molecule has 0 spiro atoms. The Morgan fingerprint density at radius 1 is 1.20 bits per heavy atom. The van der Waals surface area contributed by atoms with Crippen LogP contribution < -0.4 is 10.5 Å². The van der Waals surface area contributed by atoms with E-state index in [-0.39, 0.29) is 18.3 Å². The van der Waals surface area contributed by atoms with Gasteiger partial charge >= 0.3 is 0 Å². The Morgan fingerprint density at radius 2 is 1.95 bits per heavy atom. The molecule has 0 saturated heterocycles. The number of nitrogens with two attached hydrogens (primary N) is 1. The van der Waals surface area contributed by atoms with Gasteiger partial charge in [0.1, 0.15) is 24.0 Å². The molecule has 0 radical (unpaired) electrons. The minimum absolute atomic E-state index is 0.0299. The van der Waals surface area contributed by atoms with Gasteiger partial charge in [0, 0.05) is 16.1 Å². The standard InChI is InChI=1S/C14H11Cl2FN2O/c15-9-1-4-13(17)8(5-9)7-20-10-2-3-11(14(18)19)12(16)6-10/h1-6H,7H2,(H3,18,19). The molecule has 6 heteroatoms. The van der Waals surface area contributed by atoms with E-state index in [0.717, 1.165) is 0 Å². The Kier molecular flexibility index (Phi) is 4.47. The average Bonchev–Trinajstić information content (AvgIpc) is 2.39. The quantitative estimate of drug-likeness (QED) is 0.662. The highest BCUT2D eigenvalue weighted by Gasteiger charge is 2.07. The van der Waals surface area contributed by atoms with Gasteiger partial charge in [0.05, 0.1) is 5.02 Å². The molecule has 0 atom stereocenters. The first kappa shape index (κ1) is 14.6. The number of nitrogens with one attached hydrogen (secondary N) is 1. The fourth-order valence-corrected chi connectivity index (χ4v) is 2.09. The van der Waals surface area contributed by atoms with Crippen LogP contribution in [0.3, 0.4) is 0 Å². The van der Waals surface area contributed by atoms with E-state index in [4.69, 9.17) is 39.1 Å². The lowest BCUT2D eigenvalue weighted by atomic mass is 10.2. The first-order valence-electron chi connectivity index (χ1n) is 5.68. The summed E-state index contributed by atoms with van der Waals surface area (Å²) in [5, 5.41) is 8.07. The van der Waals surface area contributed by atoms with E-state index in [1.54, 1.807) is 12.1 Å². The van der Waals surface area contributed by atoms with Crippen LogP contribution in [0.25, 0.3) is 0 Å². The summed E-state index contributed by atoms with van der Waals surface area (Å²) in [6.45, 7) is 0.0299. The molecule has 2 aromatic rings. The van der Waals surface area contributed by atoms with Gasteiger partial charge in [-0.15, -0.1) is 0 Å². The van der Waals surface area contributed by atoms with Crippen molar-refractivity contribution in [3.05, 3.63) is 63.4 Å². The van der Waals surface area contributed by atoms with Gasteiger partial charge in [0.25, 0.3) is 0 Å². The molecule has 0 aliphatic carbocycles. The molecule has 104 valence electrons. The summed E-state index contributed by atoms with van der Waals surface area (Å²) in [6, 6.07) is 8.98. The van der Waals surface area contributed by atoms with Crippen molar-refractivity contribution in [3.8, 4) is 5.75 Å². The van der Waals surface area contributed by atoms with E-state index < -0.39 is 0 Å². The molecule has 0 amide bonds. The molecule has 20 heavy (non-hydrogen) atoms. The second-order valence-electron chi connectivity index (χ2n) is 4.08. The molecular weight excluding hydrogens is 302 g/mol. The first-order valence-corrected chi connectivity index (χ1v) is 6.43. The number of hydrogen-bond acceptors (Lipinski definition) is 2. The normalized spacial score (nSPS) is 10.3. The van der Waals surface area contributed by atoms with Crippen LogP contribution in [0.15, 0.2) is 36.4 Å². The van der Waals surface area contributed by atoms with E-state index in [0.29, 0.717) is 26.9 Å². The summed E-state index contributed by atoms with van der Waals surface area (Å²) in [5.41, 5.74) is 6.14. The minimum atomic E-state index is -0.388. The van der Waals surface area contributed by atoms with Gasteiger partial charge in [-0.1, -0.05) is 23.2 Å². The maximum absolute atomic E-state index is 13.5. The molecule has 0 aliphatic heterocycles. The second kappa shape index (κ2) is 6.11. The molecule has 0 aromatic heterocycles. The van der Waals surface area contributed by atoms with Gasteiger partial charge in [-0.05, 0) is 36.4 Å². The molecular formula is C14H11Cl2FN2O. The van der Waals surface area contributed by atoms with E-state index in [2.05, 4.69) is 0 Å². The molecule has 0 bridgehead atoms. The maximum atomic E-state index is 13.5. The van der Waals surface area contributed by atoms with Crippen LogP contribution in [0.5, 0.6) is 5.75 Å². The number of amidine groups is 1.